The standard InChI is InChI=1S/C13H24/c1-3-4-5-8-12(2)11-13-9-6-7-10-13/h13H,2-11H2,1H3. The van der Waals surface area contributed by atoms with E-state index in [1.807, 2.05) is 0 Å². The van der Waals surface area contributed by atoms with Gasteiger partial charge < -0.3 is 0 Å². The van der Waals surface area contributed by atoms with Gasteiger partial charge in [-0.25, -0.2) is 0 Å². The van der Waals surface area contributed by atoms with Crippen molar-refractivity contribution in [1.82, 2.24) is 0 Å². The van der Waals surface area contributed by atoms with Crippen LogP contribution >= 0.6 is 0 Å². The Morgan fingerprint density at radius 1 is 1.23 bits per heavy atom. The molecule has 0 bridgehead atoms. The molecule has 0 nitrogen and oxygen atoms in total. The lowest BCUT2D eigenvalue weighted by Gasteiger charge is -2.10. The third-order valence-electron chi connectivity index (χ3n) is 3.19. The molecule has 0 saturated heterocycles. The van der Waals surface area contributed by atoms with E-state index >= 15 is 0 Å². The summed E-state index contributed by atoms with van der Waals surface area (Å²) in [6, 6.07) is 0. The SMILES string of the molecule is C=C(CCCCC)CC1CCCC1. The molecule has 0 aliphatic heterocycles. The molecule has 0 aromatic heterocycles. The van der Waals surface area contributed by atoms with Crippen LogP contribution in [0.25, 0.3) is 0 Å². The zero-order valence-corrected chi connectivity index (χ0v) is 9.15. The Balaban J connectivity index is 2.02. The van der Waals surface area contributed by atoms with Crippen LogP contribution in [0.5, 0.6) is 0 Å². The smallest absolute Gasteiger partial charge is 0.0294 e. The maximum absolute atomic E-state index is 4.19. The van der Waals surface area contributed by atoms with Crippen molar-refractivity contribution < 1.29 is 0 Å². The Hall–Kier alpha value is -0.260. The molecule has 0 aromatic carbocycles. The number of rotatable bonds is 6. The average molecular weight is 180 g/mol. The van der Waals surface area contributed by atoms with E-state index in [4.69, 9.17) is 0 Å². The van der Waals surface area contributed by atoms with Gasteiger partial charge in [-0.3, -0.25) is 0 Å². The van der Waals surface area contributed by atoms with Crippen molar-refractivity contribution in [2.24, 2.45) is 5.92 Å². The summed E-state index contributed by atoms with van der Waals surface area (Å²) >= 11 is 0. The van der Waals surface area contributed by atoms with Crippen LogP contribution in [0.15, 0.2) is 12.2 Å². The summed E-state index contributed by atoms with van der Waals surface area (Å²) in [5.74, 6) is 0.995. The molecule has 0 unspecified atom stereocenters. The van der Waals surface area contributed by atoms with Crippen molar-refractivity contribution in [3.05, 3.63) is 12.2 Å². The monoisotopic (exact) mass is 180 g/mol. The molecule has 1 aliphatic carbocycles. The molecular weight excluding hydrogens is 156 g/mol. The lowest BCUT2D eigenvalue weighted by Crippen LogP contribution is -1.95. The van der Waals surface area contributed by atoms with E-state index in [1.54, 1.807) is 0 Å². The van der Waals surface area contributed by atoms with Gasteiger partial charge in [0.05, 0.1) is 0 Å². The van der Waals surface area contributed by atoms with Gasteiger partial charge in [0.1, 0.15) is 0 Å². The fourth-order valence-electron chi connectivity index (χ4n) is 2.35. The van der Waals surface area contributed by atoms with Gasteiger partial charge in [0, 0.05) is 0 Å². The van der Waals surface area contributed by atoms with E-state index in [2.05, 4.69) is 13.5 Å². The van der Waals surface area contributed by atoms with E-state index in [9.17, 15) is 0 Å². The number of hydrogen-bond acceptors (Lipinski definition) is 0. The van der Waals surface area contributed by atoms with Crippen molar-refractivity contribution in [3.8, 4) is 0 Å². The van der Waals surface area contributed by atoms with Gasteiger partial charge in [-0.2, -0.15) is 0 Å². The summed E-state index contributed by atoms with van der Waals surface area (Å²) in [5, 5.41) is 0. The molecule has 1 aliphatic rings. The number of unbranched alkanes of at least 4 members (excludes halogenated alkanes) is 2. The predicted molar refractivity (Wildman–Crippen MR) is 59.9 cm³/mol. The van der Waals surface area contributed by atoms with E-state index in [0.717, 1.165) is 5.92 Å². The highest BCUT2D eigenvalue weighted by Crippen LogP contribution is 2.30. The lowest BCUT2D eigenvalue weighted by atomic mass is 9.95. The molecule has 0 aromatic rings. The second-order valence-corrected chi connectivity index (χ2v) is 4.56. The van der Waals surface area contributed by atoms with E-state index in [0.29, 0.717) is 0 Å². The summed E-state index contributed by atoms with van der Waals surface area (Å²) < 4.78 is 0. The Morgan fingerprint density at radius 2 is 1.92 bits per heavy atom. The van der Waals surface area contributed by atoms with Gasteiger partial charge in [0.25, 0.3) is 0 Å². The number of allylic oxidation sites excluding steroid dienone is 1. The molecule has 0 amide bonds. The topological polar surface area (TPSA) is 0 Å². The van der Waals surface area contributed by atoms with Crippen LogP contribution in [0.2, 0.25) is 0 Å². The molecule has 13 heavy (non-hydrogen) atoms. The molecule has 0 radical (unpaired) electrons. The fourth-order valence-corrected chi connectivity index (χ4v) is 2.35. The van der Waals surface area contributed by atoms with Crippen molar-refractivity contribution in [3.63, 3.8) is 0 Å². The molecule has 1 saturated carbocycles. The molecule has 1 fully saturated rings. The first-order valence-corrected chi connectivity index (χ1v) is 5.99. The summed E-state index contributed by atoms with van der Waals surface area (Å²) in [4.78, 5) is 0. The van der Waals surface area contributed by atoms with Crippen LogP contribution in [-0.2, 0) is 0 Å². The quantitative estimate of drug-likeness (QED) is 0.410. The second-order valence-electron chi connectivity index (χ2n) is 4.56. The number of hydrogen-bond donors (Lipinski definition) is 0. The zero-order chi connectivity index (χ0) is 9.52. The van der Waals surface area contributed by atoms with Crippen molar-refractivity contribution in [1.29, 1.82) is 0 Å². The van der Waals surface area contributed by atoms with Crippen molar-refractivity contribution >= 4 is 0 Å². The molecular formula is C13H24. The van der Waals surface area contributed by atoms with Crippen LogP contribution in [0, 0.1) is 5.92 Å². The van der Waals surface area contributed by atoms with Crippen LogP contribution in [0.4, 0.5) is 0 Å². The molecule has 1 rings (SSSR count). The summed E-state index contributed by atoms with van der Waals surface area (Å²) in [5.41, 5.74) is 1.51. The van der Waals surface area contributed by atoms with Gasteiger partial charge in [-0.15, -0.1) is 0 Å². The zero-order valence-electron chi connectivity index (χ0n) is 9.15. The van der Waals surface area contributed by atoms with E-state index in [1.165, 1.54) is 63.4 Å². The first-order valence-electron chi connectivity index (χ1n) is 5.99. The fraction of sp³-hybridized carbons (Fsp3) is 0.846. The molecule has 0 N–H and O–H groups in total. The van der Waals surface area contributed by atoms with Crippen molar-refractivity contribution in [2.45, 2.75) is 64.7 Å². The molecule has 76 valence electrons. The minimum Gasteiger partial charge on any atom is -0.0999 e. The van der Waals surface area contributed by atoms with E-state index < -0.39 is 0 Å². The van der Waals surface area contributed by atoms with Crippen LogP contribution < -0.4 is 0 Å². The van der Waals surface area contributed by atoms with E-state index in [-0.39, 0.29) is 0 Å². The Kier molecular flexibility index (Phi) is 5.19. The Labute approximate surface area is 83.4 Å². The molecule has 0 spiro atoms. The largest absolute Gasteiger partial charge is 0.0999 e. The second kappa shape index (κ2) is 6.23. The minimum atomic E-state index is 0.995. The highest BCUT2D eigenvalue weighted by Gasteiger charge is 2.15. The van der Waals surface area contributed by atoms with Gasteiger partial charge in [-0.05, 0) is 25.2 Å². The first kappa shape index (κ1) is 10.8. The summed E-state index contributed by atoms with van der Waals surface area (Å²) in [6.07, 6.45) is 12.5. The Morgan fingerprint density at radius 3 is 2.54 bits per heavy atom. The third kappa shape index (κ3) is 4.50. The van der Waals surface area contributed by atoms with Gasteiger partial charge >= 0.3 is 0 Å². The van der Waals surface area contributed by atoms with Crippen molar-refractivity contribution in [2.75, 3.05) is 0 Å². The van der Waals surface area contributed by atoms with Crippen LogP contribution in [0.1, 0.15) is 64.7 Å². The average Bonchev–Trinajstić information content (AvgIpc) is 2.57. The predicted octanol–water partition coefficient (Wildman–Crippen LogP) is 4.70. The molecule has 0 heterocycles. The Bertz CT molecular complexity index is 140. The third-order valence-corrected chi connectivity index (χ3v) is 3.19. The van der Waals surface area contributed by atoms with Crippen LogP contribution in [-0.4, -0.2) is 0 Å². The molecule has 0 atom stereocenters. The highest BCUT2D eigenvalue weighted by molar-refractivity contribution is 4.96. The first-order chi connectivity index (χ1) is 6.33. The minimum absolute atomic E-state index is 0.995. The van der Waals surface area contributed by atoms with Gasteiger partial charge in [0.15, 0.2) is 0 Å². The maximum Gasteiger partial charge on any atom is -0.0294 e. The van der Waals surface area contributed by atoms with Gasteiger partial charge in [0.2, 0.25) is 0 Å². The lowest BCUT2D eigenvalue weighted by molar-refractivity contribution is 0.529. The summed E-state index contributed by atoms with van der Waals surface area (Å²) in [7, 11) is 0. The molecule has 0 heteroatoms. The summed E-state index contributed by atoms with van der Waals surface area (Å²) in [6.45, 7) is 6.45. The van der Waals surface area contributed by atoms with Gasteiger partial charge in [-0.1, -0.05) is 57.6 Å². The van der Waals surface area contributed by atoms with Crippen LogP contribution in [0.3, 0.4) is 0 Å². The normalized spacial score (nSPS) is 17.9. The maximum atomic E-state index is 4.19. The highest BCUT2D eigenvalue weighted by atomic mass is 14.2.